The average Bonchev–Trinajstić information content (AvgIpc) is 2.28. The summed E-state index contributed by atoms with van der Waals surface area (Å²) in [7, 11) is 0. The maximum Gasteiger partial charge on any atom is 0.0193 e. The molecule has 2 heteroatoms. The lowest BCUT2D eigenvalue weighted by atomic mass is 9.97. The second kappa shape index (κ2) is 8.93. The minimum atomic E-state index is 0.319. The molecule has 0 aromatic heterocycles. The predicted octanol–water partition coefficient (Wildman–Crippen LogP) is 3.51. The van der Waals surface area contributed by atoms with Gasteiger partial charge in [-0.25, -0.2) is 0 Å². The molecule has 0 fully saturated rings. The van der Waals surface area contributed by atoms with Crippen molar-refractivity contribution < 1.29 is 0 Å². The van der Waals surface area contributed by atoms with Crippen LogP contribution in [0.3, 0.4) is 0 Å². The Morgan fingerprint density at radius 2 is 1.41 bits per heavy atom. The van der Waals surface area contributed by atoms with Gasteiger partial charge in [-0.05, 0) is 24.7 Å². The summed E-state index contributed by atoms with van der Waals surface area (Å²) in [5.74, 6) is 1.35. The van der Waals surface area contributed by atoms with Crippen LogP contribution in [0.5, 0.6) is 0 Å². The van der Waals surface area contributed by atoms with E-state index in [1.54, 1.807) is 0 Å². The zero-order valence-corrected chi connectivity index (χ0v) is 12.9. The molecule has 2 atom stereocenters. The first-order chi connectivity index (χ1) is 7.96. The van der Waals surface area contributed by atoms with Crippen LogP contribution in [-0.2, 0) is 0 Å². The van der Waals surface area contributed by atoms with E-state index in [1.807, 2.05) is 0 Å². The van der Waals surface area contributed by atoms with Gasteiger partial charge in [-0.1, -0.05) is 48.0 Å². The van der Waals surface area contributed by atoms with Crippen molar-refractivity contribution in [3.8, 4) is 0 Å². The Hall–Kier alpha value is -0.0800. The van der Waals surface area contributed by atoms with Gasteiger partial charge < -0.3 is 5.73 Å². The van der Waals surface area contributed by atoms with Crippen LogP contribution < -0.4 is 5.73 Å². The van der Waals surface area contributed by atoms with Gasteiger partial charge in [0.05, 0.1) is 0 Å². The van der Waals surface area contributed by atoms with Crippen LogP contribution in [0.1, 0.15) is 60.8 Å². The van der Waals surface area contributed by atoms with Crippen molar-refractivity contribution in [3.63, 3.8) is 0 Å². The highest BCUT2D eigenvalue weighted by molar-refractivity contribution is 4.78. The van der Waals surface area contributed by atoms with Gasteiger partial charge in [0.2, 0.25) is 0 Å². The van der Waals surface area contributed by atoms with E-state index in [-0.39, 0.29) is 0 Å². The molecule has 17 heavy (non-hydrogen) atoms. The van der Waals surface area contributed by atoms with Gasteiger partial charge in [-0.15, -0.1) is 0 Å². The highest BCUT2D eigenvalue weighted by Crippen LogP contribution is 2.15. The third-order valence-corrected chi connectivity index (χ3v) is 3.88. The summed E-state index contributed by atoms with van der Waals surface area (Å²) in [6.45, 7) is 15.9. The Morgan fingerprint density at radius 3 is 1.76 bits per heavy atom. The van der Waals surface area contributed by atoms with Gasteiger partial charge in [0.15, 0.2) is 0 Å². The lowest BCUT2D eigenvalue weighted by molar-refractivity contribution is 0.144. The number of rotatable bonds is 9. The summed E-state index contributed by atoms with van der Waals surface area (Å²) in [4.78, 5) is 2.61. The molecule has 0 aromatic rings. The third-order valence-electron chi connectivity index (χ3n) is 3.88. The van der Waals surface area contributed by atoms with Crippen LogP contribution in [0.4, 0.5) is 0 Å². The van der Waals surface area contributed by atoms with Gasteiger partial charge in [0.1, 0.15) is 0 Å². The molecule has 0 aliphatic carbocycles. The largest absolute Gasteiger partial charge is 0.326 e. The Labute approximate surface area is 109 Å². The monoisotopic (exact) mass is 242 g/mol. The second-order valence-corrected chi connectivity index (χ2v) is 5.87. The Balaban J connectivity index is 4.46. The standard InChI is InChI=1S/C15H34N2/c1-7-13(6)15(16)11-17(10-12(4)5)14(8-2)9-3/h12-15H,7-11,16H2,1-6H3. The van der Waals surface area contributed by atoms with E-state index in [9.17, 15) is 0 Å². The quantitative estimate of drug-likeness (QED) is 0.670. The third kappa shape index (κ3) is 6.42. The van der Waals surface area contributed by atoms with Crippen LogP contribution in [-0.4, -0.2) is 30.1 Å². The van der Waals surface area contributed by atoms with E-state index in [4.69, 9.17) is 5.73 Å². The summed E-state index contributed by atoms with van der Waals surface area (Å²) in [5.41, 5.74) is 6.31. The molecule has 0 saturated carbocycles. The number of hydrogen-bond acceptors (Lipinski definition) is 2. The normalized spacial score (nSPS) is 15.9. The van der Waals surface area contributed by atoms with E-state index in [2.05, 4.69) is 46.4 Å². The molecule has 0 aliphatic rings. The summed E-state index contributed by atoms with van der Waals surface area (Å²) in [6, 6.07) is 1.02. The average molecular weight is 242 g/mol. The van der Waals surface area contributed by atoms with Gasteiger partial charge in [0, 0.05) is 25.2 Å². The van der Waals surface area contributed by atoms with E-state index in [0.717, 1.165) is 12.5 Å². The van der Waals surface area contributed by atoms with Gasteiger partial charge in [0.25, 0.3) is 0 Å². The second-order valence-electron chi connectivity index (χ2n) is 5.87. The highest BCUT2D eigenvalue weighted by Gasteiger charge is 2.21. The van der Waals surface area contributed by atoms with Gasteiger partial charge >= 0.3 is 0 Å². The topological polar surface area (TPSA) is 29.3 Å². The van der Waals surface area contributed by atoms with E-state index in [0.29, 0.717) is 18.0 Å². The minimum absolute atomic E-state index is 0.319. The maximum atomic E-state index is 6.31. The first-order valence-electron chi connectivity index (χ1n) is 7.45. The molecule has 0 aromatic carbocycles. The van der Waals surface area contributed by atoms with E-state index < -0.39 is 0 Å². The Kier molecular flexibility index (Phi) is 8.89. The number of nitrogens with zero attached hydrogens (tertiary/aromatic N) is 1. The molecule has 0 heterocycles. The maximum absolute atomic E-state index is 6.31. The Bertz CT molecular complexity index is 176. The molecule has 0 amide bonds. The van der Waals surface area contributed by atoms with Gasteiger partial charge in [-0.2, -0.15) is 0 Å². The molecule has 0 saturated heterocycles. The van der Waals surface area contributed by atoms with Crippen LogP contribution in [0, 0.1) is 11.8 Å². The van der Waals surface area contributed by atoms with E-state index >= 15 is 0 Å². The van der Waals surface area contributed by atoms with Crippen molar-refractivity contribution in [1.82, 2.24) is 4.90 Å². The summed E-state index contributed by atoms with van der Waals surface area (Å²) < 4.78 is 0. The molecule has 0 rings (SSSR count). The lowest BCUT2D eigenvalue weighted by Gasteiger charge is -2.35. The van der Waals surface area contributed by atoms with Crippen molar-refractivity contribution in [1.29, 1.82) is 0 Å². The fraction of sp³-hybridized carbons (Fsp3) is 1.00. The number of nitrogens with two attached hydrogens (primary N) is 1. The van der Waals surface area contributed by atoms with Crippen molar-refractivity contribution in [2.75, 3.05) is 13.1 Å². The number of hydrogen-bond donors (Lipinski definition) is 1. The predicted molar refractivity (Wildman–Crippen MR) is 78.2 cm³/mol. The minimum Gasteiger partial charge on any atom is -0.326 e. The zero-order chi connectivity index (χ0) is 13.4. The van der Waals surface area contributed by atoms with Crippen LogP contribution >= 0.6 is 0 Å². The summed E-state index contributed by atoms with van der Waals surface area (Å²) in [6.07, 6.45) is 3.65. The Morgan fingerprint density at radius 1 is 0.882 bits per heavy atom. The molecule has 2 unspecified atom stereocenters. The first kappa shape index (κ1) is 16.9. The zero-order valence-electron chi connectivity index (χ0n) is 12.9. The van der Waals surface area contributed by atoms with Gasteiger partial charge in [-0.3, -0.25) is 4.90 Å². The van der Waals surface area contributed by atoms with Crippen LogP contribution in [0.2, 0.25) is 0 Å². The molecule has 0 spiro atoms. The van der Waals surface area contributed by atoms with Crippen LogP contribution in [0.25, 0.3) is 0 Å². The lowest BCUT2D eigenvalue weighted by Crippen LogP contribution is -2.47. The van der Waals surface area contributed by atoms with Crippen molar-refractivity contribution in [2.24, 2.45) is 17.6 Å². The van der Waals surface area contributed by atoms with Crippen LogP contribution in [0.15, 0.2) is 0 Å². The van der Waals surface area contributed by atoms with Crippen molar-refractivity contribution in [3.05, 3.63) is 0 Å². The molecule has 0 bridgehead atoms. The van der Waals surface area contributed by atoms with Crippen molar-refractivity contribution in [2.45, 2.75) is 72.9 Å². The van der Waals surface area contributed by atoms with Crippen molar-refractivity contribution >= 4 is 0 Å². The first-order valence-corrected chi connectivity index (χ1v) is 7.45. The summed E-state index contributed by atoms with van der Waals surface area (Å²) >= 11 is 0. The molecule has 0 aliphatic heterocycles. The fourth-order valence-electron chi connectivity index (χ4n) is 2.40. The fourth-order valence-corrected chi connectivity index (χ4v) is 2.40. The molecular formula is C15H34N2. The molecule has 2 N–H and O–H groups in total. The summed E-state index contributed by atoms with van der Waals surface area (Å²) in [5, 5.41) is 0. The molecule has 104 valence electrons. The highest BCUT2D eigenvalue weighted by atomic mass is 15.2. The van der Waals surface area contributed by atoms with E-state index in [1.165, 1.54) is 25.8 Å². The smallest absolute Gasteiger partial charge is 0.0193 e. The molecule has 0 radical (unpaired) electrons. The SMILES string of the molecule is CCC(C)C(N)CN(CC(C)C)C(CC)CC. The molecule has 2 nitrogen and oxygen atoms in total. The molecular weight excluding hydrogens is 208 g/mol.